The summed E-state index contributed by atoms with van der Waals surface area (Å²) in [6, 6.07) is 0. The normalized spacial score (nSPS) is 40.7. The van der Waals surface area contributed by atoms with Gasteiger partial charge in [-0.25, -0.2) is 0 Å². The minimum absolute atomic E-state index is 0.633. The molecule has 1 nitrogen and oxygen atoms in total. The Morgan fingerprint density at radius 3 is 2.45 bits per heavy atom. The highest BCUT2D eigenvalue weighted by Gasteiger charge is 2.55. The van der Waals surface area contributed by atoms with E-state index in [0.29, 0.717) is 5.54 Å². The Morgan fingerprint density at radius 2 is 2.18 bits per heavy atom. The van der Waals surface area contributed by atoms with Gasteiger partial charge in [0.2, 0.25) is 0 Å². The average Bonchev–Trinajstić information content (AvgIpc) is 1.96. The molecule has 1 heteroatoms. The van der Waals surface area contributed by atoms with E-state index in [4.69, 9.17) is 0 Å². The smallest absolute Gasteiger partial charge is 0.0238 e. The van der Waals surface area contributed by atoms with Crippen LogP contribution in [0.4, 0.5) is 0 Å². The zero-order valence-corrected chi connectivity index (χ0v) is 7.34. The Labute approximate surface area is 69.1 Å². The van der Waals surface area contributed by atoms with Crippen LogP contribution >= 0.6 is 0 Å². The lowest BCUT2D eigenvalue weighted by atomic mass is 9.52. The number of hydrogen-bond donors (Lipinski definition) is 0. The fourth-order valence-corrected chi connectivity index (χ4v) is 2.70. The van der Waals surface area contributed by atoms with Gasteiger partial charge in [-0.15, -0.1) is 6.58 Å². The highest BCUT2D eigenvalue weighted by atomic mass is 15.2. The Bertz CT molecular complexity index is 166. The van der Waals surface area contributed by atoms with E-state index in [2.05, 4.69) is 18.5 Å². The predicted octanol–water partition coefficient (Wildman–Crippen LogP) is 2.05. The number of nitrogens with zero attached hydrogens (tertiary/aromatic N) is 1. The number of hydrogen-bond acceptors (Lipinski definition) is 1. The first-order valence-electron chi connectivity index (χ1n) is 4.62. The van der Waals surface area contributed by atoms with Crippen molar-refractivity contribution < 1.29 is 0 Å². The van der Waals surface area contributed by atoms with Crippen molar-refractivity contribution in [2.45, 2.75) is 31.2 Å². The van der Waals surface area contributed by atoms with Gasteiger partial charge in [0.15, 0.2) is 0 Å². The topological polar surface area (TPSA) is 3.24 Å². The largest absolute Gasteiger partial charge is 0.297 e. The molecule has 2 fully saturated rings. The van der Waals surface area contributed by atoms with Crippen molar-refractivity contribution in [3.8, 4) is 0 Å². The van der Waals surface area contributed by atoms with Gasteiger partial charge in [0.25, 0.3) is 0 Å². The van der Waals surface area contributed by atoms with Gasteiger partial charge >= 0.3 is 0 Å². The van der Waals surface area contributed by atoms with E-state index in [0.717, 1.165) is 12.5 Å². The first-order valence-corrected chi connectivity index (χ1v) is 4.62. The van der Waals surface area contributed by atoms with Crippen LogP contribution < -0.4 is 0 Å². The van der Waals surface area contributed by atoms with Crippen LogP contribution in [0.15, 0.2) is 12.7 Å². The van der Waals surface area contributed by atoms with Gasteiger partial charge < -0.3 is 0 Å². The van der Waals surface area contributed by atoms with Gasteiger partial charge in [-0.2, -0.15) is 0 Å². The molecule has 0 amide bonds. The molecule has 2 aliphatic carbocycles. The maximum atomic E-state index is 3.78. The average molecular weight is 151 g/mol. The van der Waals surface area contributed by atoms with E-state index in [1.807, 2.05) is 6.08 Å². The van der Waals surface area contributed by atoms with E-state index in [1.165, 1.54) is 25.7 Å². The van der Waals surface area contributed by atoms with Crippen LogP contribution in [0.5, 0.6) is 0 Å². The lowest BCUT2D eigenvalue weighted by Gasteiger charge is -2.63. The standard InChI is InChI=1S/C10H17N/c1-3-8-11(2)10-6-4-9(10)5-7-10/h3,9H,1,4-8H2,2H3. The van der Waals surface area contributed by atoms with Crippen molar-refractivity contribution in [3.63, 3.8) is 0 Å². The third kappa shape index (κ3) is 0.807. The summed E-state index contributed by atoms with van der Waals surface area (Å²) in [5.74, 6) is 1.03. The van der Waals surface area contributed by atoms with E-state index < -0.39 is 0 Å². The molecule has 0 heterocycles. The van der Waals surface area contributed by atoms with Crippen LogP contribution in [0.25, 0.3) is 0 Å². The molecule has 0 unspecified atom stereocenters. The molecule has 2 rings (SSSR count). The van der Waals surface area contributed by atoms with E-state index in [-0.39, 0.29) is 0 Å². The molecule has 0 N–H and O–H groups in total. The second-order valence-corrected chi connectivity index (χ2v) is 4.05. The maximum Gasteiger partial charge on any atom is 0.0238 e. The molecule has 0 aromatic carbocycles. The van der Waals surface area contributed by atoms with E-state index >= 15 is 0 Å². The molecule has 0 atom stereocenters. The summed E-state index contributed by atoms with van der Waals surface area (Å²) in [5, 5.41) is 0. The number of likely N-dealkylation sites (N-methyl/N-ethyl adjacent to an activating group) is 1. The van der Waals surface area contributed by atoms with Gasteiger partial charge in [-0.1, -0.05) is 6.08 Å². The van der Waals surface area contributed by atoms with Gasteiger partial charge in [0, 0.05) is 12.1 Å². The molecule has 0 spiro atoms. The molecule has 2 aliphatic rings. The second kappa shape index (κ2) is 2.34. The first-order chi connectivity index (χ1) is 5.29. The fraction of sp³-hybridized carbons (Fsp3) is 0.800. The Hall–Kier alpha value is -0.300. The molecule has 0 aromatic heterocycles. The van der Waals surface area contributed by atoms with Crippen molar-refractivity contribution in [2.24, 2.45) is 5.92 Å². The van der Waals surface area contributed by atoms with Crippen LogP contribution in [-0.2, 0) is 0 Å². The monoisotopic (exact) mass is 151 g/mol. The molecule has 0 aliphatic heterocycles. The quantitative estimate of drug-likeness (QED) is 0.558. The molecule has 0 aromatic rings. The third-order valence-electron chi connectivity index (χ3n) is 3.77. The Morgan fingerprint density at radius 1 is 1.55 bits per heavy atom. The Balaban J connectivity index is 1.97. The van der Waals surface area contributed by atoms with Crippen molar-refractivity contribution in [1.29, 1.82) is 0 Å². The number of fused-ring (bicyclic) bond motifs is 1. The molecule has 11 heavy (non-hydrogen) atoms. The molecule has 0 radical (unpaired) electrons. The summed E-state index contributed by atoms with van der Waals surface area (Å²) in [4.78, 5) is 2.50. The molecular weight excluding hydrogens is 134 g/mol. The van der Waals surface area contributed by atoms with Gasteiger partial charge in [0.05, 0.1) is 0 Å². The van der Waals surface area contributed by atoms with Crippen LogP contribution in [0.1, 0.15) is 25.7 Å². The molecule has 62 valence electrons. The van der Waals surface area contributed by atoms with E-state index in [1.54, 1.807) is 0 Å². The third-order valence-corrected chi connectivity index (χ3v) is 3.77. The van der Waals surface area contributed by atoms with Crippen molar-refractivity contribution in [3.05, 3.63) is 12.7 Å². The minimum atomic E-state index is 0.633. The summed E-state index contributed by atoms with van der Waals surface area (Å²) in [5.41, 5.74) is 0.633. The second-order valence-electron chi connectivity index (χ2n) is 4.05. The summed E-state index contributed by atoms with van der Waals surface area (Å²) in [6.07, 6.45) is 7.83. The van der Waals surface area contributed by atoms with Crippen molar-refractivity contribution in [1.82, 2.24) is 4.90 Å². The van der Waals surface area contributed by atoms with Gasteiger partial charge in [0.1, 0.15) is 0 Å². The zero-order valence-electron chi connectivity index (χ0n) is 7.34. The molecule has 0 bridgehead atoms. The lowest BCUT2D eigenvalue weighted by molar-refractivity contribution is -0.102. The van der Waals surface area contributed by atoms with Crippen molar-refractivity contribution in [2.75, 3.05) is 13.6 Å². The van der Waals surface area contributed by atoms with Crippen molar-refractivity contribution >= 4 is 0 Å². The van der Waals surface area contributed by atoms with Gasteiger partial charge in [-0.3, -0.25) is 4.90 Å². The molecule has 0 saturated heterocycles. The predicted molar refractivity (Wildman–Crippen MR) is 47.5 cm³/mol. The summed E-state index contributed by atoms with van der Waals surface area (Å²) in [7, 11) is 2.24. The summed E-state index contributed by atoms with van der Waals surface area (Å²) >= 11 is 0. The Kier molecular flexibility index (Phi) is 1.57. The first kappa shape index (κ1) is 7.35. The number of rotatable bonds is 3. The van der Waals surface area contributed by atoms with E-state index in [9.17, 15) is 0 Å². The van der Waals surface area contributed by atoms with Crippen LogP contribution in [0.3, 0.4) is 0 Å². The summed E-state index contributed by atoms with van der Waals surface area (Å²) < 4.78 is 0. The van der Waals surface area contributed by atoms with Gasteiger partial charge in [-0.05, 0) is 38.6 Å². The molecular formula is C10H17N. The minimum Gasteiger partial charge on any atom is -0.297 e. The van der Waals surface area contributed by atoms with Crippen LogP contribution in [0, 0.1) is 5.92 Å². The highest BCUT2D eigenvalue weighted by Crippen LogP contribution is 2.56. The maximum absolute atomic E-state index is 3.78. The fourth-order valence-electron chi connectivity index (χ4n) is 2.70. The highest BCUT2D eigenvalue weighted by molar-refractivity contribution is 5.11. The SMILES string of the molecule is C=CCN(C)C12CCC1CC2. The zero-order chi connectivity index (χ0) is 7.90. The molecule has 2 saturated carbocycles. The summed E-state index contributed by atoms with van der Waals surface area (Å²) in [6.45, 7) is 4.85. The lowest BCUT2D eigenvalue weighted by Crippen LogP contribution is -2.64. The van der Waals surface area contributed by atoms with Crippen LogP contribution in [0.2, 0.25) is 0 Å². The van der Waals surface area contributed by atoms with Crippen LogP contribution in [-0.4, -0.2) is 24.0 Å².